The van der Waals surface area contributed by atoms with Crippen LogP contribution in [0.3, 0.4) is 0 Å². The fourth-order valence-corrected chi connectivity index (χ4v) is 2.14. The first kappa shape index (κ1) is 14.4. The van der Waals surface area contributed by atoms with Crippen molar-refractivity contribution in [2.45, 2.75) is 44.7 Å². The van der Waals surface area contributed by atoms with Gasteiger partial charge in [-0.2, -0.15) is 0 Å². The first-order valence-corrected chi connectivity index (χ1v) is 6.18. The van der Waals surface area contributed by atoms with Crippen LogP contribution in [-0.4, -0.2) is 41.1 Å². The summed E-state index contributed by atoms with van der Waals surface area (Å²) in [6.07, 6.45) is 7.99. The third-order valence-electron chi connectivity index (χ3n) is 3.52. The van der Waals surface area contributed by atoms with Crippen molar-refractivity contribution in [2.24, 2.45) is 5.92 Å². The molecule has 0 aliphatic heterocycles. The van der Waals surface area contributed by atoms with E-state index < -0.39 is 12.1 Å². The van der Waals surface area contributed by atoms with E-state index in [4.69, 9.17) is 11.5 Å². The van der Waals surface area contributed by atoms with E-state index in [1.807, 2.05) is 0 Å². The Morgan fingerprint density at radius 2 is 2.17 bits per heavy atom. The molecule has 2 N–H and O–H groups in total. The zero-order chi connectivity index (χ0) is 13.7. The molecule has 2 amide bonds. The number of nitrogens with one attached hydrogen (secondary N) is 1. The molecule has 0 aromatic carbocycles. The van der Waals surface area contributed by atoms with E-state index >= 15 is 0 Å². The standard InChI is InChI=1S/C13H20N2O3/c1-4-10-6-5-7-11(8-10)14-12(16)9(2)15(3)13(17)18/h1,9-11H,5-8H2,2-3H3,(H,14,16)(H,17,18)/t9-,10+,11-/m0/s1. The Morgan fingerprint density at radius 1 is 1.50 bits per heavy atom. The minimum atomic E-state index is -1.11. The number of carboxylic acid groups (broad SMARTS) is 1. The highest BCUT2D eigenvalue weighted by Gasteiger charge is 2.26. The minimum absolute atomic E-state index is 0.0666. The van der Waals surface area contributed by atoms with Crippen LogP contribution in [0.25, 0.3) is 0 Å². The van der Waals surface area contributed by atoms with Gasteiger partial charge in [0.1, 0.15) is 6.04 Å². The van der Waals surface area contributed by atoms with E-state index in [0.717, 1.165) is 30.6 Å². The molecule has 1 aliphatic carbocycles. The van der Waals surface area contributed by atoms with Crippen LogP contribution in [0, 0.1) is 18.3 Å². The van der Waals surface area contributed by atoms with E-state index in [1.54, 1.807) is 6.92 Å². The van der Waals surface area contributed by atoms with Crippen LogP contribution in [0.2, 0.25) is 0 Å². The Kier molecular flexibility index (Phi) is 5.02. The molecule has 1 fully saturated rings. The summed E-state index contributed by atoms with van der Waals surface area (Å²) in [6.45, 7) is 1.57. The molecular formula is C13H20N2O3. The van der Waals surface area contributed by atoms with Gasteiger partial charge >= 0.3 is 6.09 Å². The normalized spacial score (nSPS) is 24.7. The Hall–Kier alpha value is -1.70. The van der Waals surface area contributed by atoms with Crippen molar-refractivity contribution in [3.8, 4) is 12.3 Å². The number of carbonyl (C=O) groups excluding carboxylic acids is 1. The van der Waals surface area contributed by atoms with Gasteiger partial charge in [0.2, 0.25) is 5.91 Å². The van der Waals surface area contributed by atoms with Gasteiger partial charge in [0.15, 0.2) is 0 Å². The third-order valence-corrected chi connectivity index (χ3v) is 3.52. The molecule has 5 heteroatoms. The van der Waals surface area contributed by atoms with Crippen molar-refractivity contribution >= 4 is 12.0 Å². The predicted molar refractivity (Wildman–Crippen MR) is 68.0 cm³/mol. The molecule has 100 valence electrons. The molecule has 0 heterocycles. The van der Waals surface area contributed by atoms with E-state index in [1.165, 1.54) is 7.05 Å². The molecule has 3 atom stereocenters. The highest BCUT2D eigenvalue weighted by Crippen LogP contribution is 2.23. The SMILES string of the molecule is C#C[C@@H]1CCC[C@H](NC(=O)[C@H](C)N(C)C(=O)O)C1. The van der Waals surface area contributed by atoms with Crippen molar-refractivity contribution in [1.82, 2.24) is 10.2 Å². The lowest BCUT2D eigenvalue weighted by Gasteiger charge is -2.29. The third kappa shape index (κ3) is 3.66. The van der Waals surface area contributed by atoms with Crippen molar-refractivity contribution in [1.29, 1.82) is 0 Å². The smallest absolute Gasteiger partial charge is 0.407 e. The molecule has 0 aromatic rings. The molecule has 0 aromatic heterocycles. The van der Waals surface area contributed by atoms with Gasteiger partial charge in [0, 0.05) is 19.0 Å². The van der Waals surface area contributed by atoms with Gasteiger partial charge in [0.25, 0.3) is 0 Å². The number of hydrogen-bond donors (Lipinski definition) is 2. The van der Waals surface area contributed by atoms with Gasteiger partial charge < -0.3 is 10.4 Å². The molecule has 0 spiro atoms. The van der Waals surface area contributed by atoms with Crippen LogP contribution in [-0.2, 0) is 4.79 Å². The lowest BCUT2D eigenvalue weighted by Crippen LogP contribution is -2.49. The van der Waals surface area contributed by atoms with E-state index in [-0.39, 0.29) is 17.9 Å². The van der Waals surface area contributed by atoms with Crippen LogP contribution in [0.5, 0.6) is 0 Å². The second-order valence-electron chi connectivity index (χ2n) is 4.81. The number of amides is 2. The maximum atomic E-state index is 11.9. The molecule has 0 bridgehead atoms. The second-order valence-corrected chi connectivity index (χ2v) is 4.81. The summed E-state index contributed by atoms with van der Waals surface area (Å²) in [5.41, 5.74) is 0. The van der Waals surface area contributed by atoms with Crippen molar-refractivity contribution < 1.29 is 14.7 Å². The highest BCUT2D eigenvalue weighted by atomic mass is 16.4. The quantitative estimate of drug-likeness (QED) is 0.744. The van der Waals surface area contributed by atoms with Gasteiger partial charge in [0.05, 0.1) is 0 Å². The summed E-state index contributed by atoms with van der Waals surface area (Å²) in [6, 6.07) is -0.620. The van der Waals surface area contributed by atoms with Gasteiger partial charge in [-0.3, -0.25) is 9.69 Å². The van der Waals surface area contributed by atoms with Gasteiger partial charge in [-0.15, -0.1) is 12.3 Å². The summed E-state index contributed by atoms with van der Waals surface area (Å²) in [5, 5.41) is 11.7. The summed E-state index contributed by atoms with van der Waals surface area (Å²) < 4.78 is 0. The Morgan fingerprint density at radius 3 is 2.72 bits per heavy atom. The fourth-order valence-electron chi connectivity index (χ4n) is 2.14. The van der Waals surface area contributed by atoms with Crippen LogP contribution in [0.1, 0.15) is 32.6 Å². The molecule has 18 heavy (non-hydrogen) atoms. The molecule has 1 saturated carbocycles. The van der Waals surface area contributed by atoms with E-state index in [2.05, 4.69) is 11.2 Å². The van der Waals surface area contributed by atoms with Crippen molar-refractivity contribution in [3.63, 3.8) is 0 Å². The zero-order valence-corrected chi connectivity index (χ0v) is 10.8. The molecule has 0 unspecified atom stereocenters. The van der Waals surface area contributed by atoms with Gasteiger partial charge in [-0.05, 0) is 26.2 Å². The van der Waals surface area contributed by atoms with E-state index in [9.17, 15) is 9.59 Å². The Bertz CT molecular complexity index is 362. The number of rotatable bonds is 3. The molecular weight excluding hydrogens is 232 g/mol. The summed E-state index contributed by atoms with van der Waals surface area (Å²) in [7, 11) is 1.39. The monoisotopic (exact) mass is 252 g/mol. The number of likely N-dealkylation sites (N-methyl/N-ethyl adjacent to an activating group) is 1. The molecule has 0 radical (unpaired) electrons. The summed E-state index contributed by atoms with van der Waals surface area (Å²) in [5.74, 6) is 2.68. The first-order chi connectivity index (χ1) is 8.45. The molecule has 1 rings (SSSR count). The van der Waals surface area contributed by atoms with Crippen LogP contribution < -0.4 is 5.32 Å². The highest BCUT2D eigenvalue weighted by molar-refractivity contribution is 5.84. The lowest BCUT2D eigenvalue weighted by atomic mass is 9.86. The molecule has 5 nitrogen and oxygen atoms in total. The topological polar surface area (TPSA) is 69.6 Å². The first-order valence-electron chi connectivity index (χ1n) is 6.18. The van der Waals surface area contributed by atoms with E-state index in [0.29, 0.717) is 0 Å². The van der Waals surface area contributed by atoms with Gasteiger partial charge in [-0.1, -0.05) is 6.42 Å². The maximum absolute atomic E-state index is 11.9. The Labute approximate surface area is 108 Å². The average molecular weight is 252 g/mol. The van der Waals surface area contributed by atoms with Crippen molar-refractivity contribution in [2.75, 3.05) is 7.05 Å². The molecule has 1 aliphatic rings. The summed E-state index contributed by atoms with van der Waals surface area (Å²) in [4.78, 5) is 23.6. The van der Waals surface area contributed by atoms with Crippen LogP contribution >= 0.6 is 0 Å². The zero-order valence-electron chi connectivity index (χ0n) is 10.8. The van der Waals surface area contributed by atoms with Gasteiger partial charge in [-0.25, -0.2) is 4.79 Å². The van der Waals surface area contributed by atoms with Crippen LogP contribution in [0.15, 0.2) is 0 Å². The predicted octanol–water partition coefficient (Wildman–Crippen LogP) is 1.29. The molecule has 0 saturated heterocycles. The largest absolute Gasteiger partial charge is 0.465 e. The van der Waals surface area contributed by atoms with Crippen molar-refractivity contribution in [3.05, 3.63) is 0 Å². The number of terminal acetylenes is 1. The number of carbonyl (C=O) groups is 2. The second kappa shape index (κ2) is 6.29. The number of nitrogens with zero attached hydrogens (tertiary/aromatic N) is 1. The minimum Gasteiger partial charge on any atom is -0.465 e. The lowest BCUT2D eigenvalue weighted by molar-refractivity contribution is -0.125. The number of hydrogen-bond acceptors (Lipinski definition) is 2. The van der Waals surface area contributed by atoms with Crippen LogP contribution in [0.4, 0.5) is 4.79 Å². The maximum Gasteiger partial charge on any atom is 0.407 e. The fraction of sp³-hybridized carbons (Fsp3) is 0.692. The average Bonchev–Trinajstić information content (AvgIpc) is 2.36. The Balaban J connectivity index is 2.49. The summed E-state index contributed by atoms with van der Waals surface area (Å²) >= 11 is 0.